The van der Waals surface area contributed by atoms with Crippen LogP contribution in [0.15, 0.2) is 30.4 Å². The van der Waals surface area contributed by atoms with Crippen molar-refractivity contribution in [3.05, 3.63) is 42.0 Å². The maximum Gasteiger partial charge on any atom is 0.129 e. The summed E-state index contributed by atoms with van der Waals surface area (Å²) in [7, 11) is 0. The first-order valence-corrected chi connectivity index (χ1v) is 4.61. The zero-order valence-corrected chi connectivity index (χ0v) is 8.36. The highest BCUT2D eigenvalue weighted by Crippen LogP contribution is 2.15. The Bertz CT molecular complexity index is 319. The van der Waals surface area contributed by atoms with Crippen LogP contribution in [0, 0.1) is 11.6 Å². The molecular formula is C10H10F2OS. The smallest absolute Gasteiger partial charge is 0.129 e. The van der Waals surface area contributed by atoms with Gasteiger partial charge in [0, 0.05) is 24.0 Å². The van der Waals surface area contributed by atoms with Crippen LogP contribution < -0.4 is 4.74 Å². The van der Waals surface area contributed by atoms with Crippen LogP contribution >= 0.6 is 12.6 Å². The van der Waals surface area contributed by atoms with Crippen molar-refractivity contribution in [2.45, 2.75) is 0 Å². The molecule has 0 aromatic heterocycles. The summed E-state index contributed by atoms with van der Waals surface area (Å²) in [5.41, 5.74) is 0.748. The lowest BCUT2D eigenvalue weighted by Crippen LogP contribution is -2.01. The maximum absolute atomic E-state index is 12.7. The van der Waals surface area contributed by atoms with E-state index in [0.29, 0.717) is 5.75 Å². The number of halogens is 2. The molecule has 0 aliphatic carbocycles. The molecule has 4 heteroatoms. The van der Waals surface area contributed by atoms with E-state index in [4.69, 9.17) is 4.74 Å². The van der Waals surface area contributed by atoms with E-state index in [1.165, 1.54) is 0 Å². The van der Waals surface area contributed by atoms with Gasteiger partial charge in [-0.25, -0.2) is 8.78 Å². The lowest BCUT2D eigenvalue weighted by molar-refractivity contribution is 0.348. The molecule has 1 nitrogen and oxygen atoms in total. The van der Waals surface area contributed by atoms with Crippen molar-refractivity contribution in [2.75, 3.05) is 12.4 Å². The van der Waals surface area contributed by atoms with E-state index in [0.717, 1.165) is 23.8 Å². The van der Waals surface area contributed by atoms with Crippen LogP contribution in [0.5, 0.6) is 5.75 Å². The number of thiol groups is 1. The van der Waals surface area contributed by atoms with Crippen LogP contribution in [0.4, 0.5) is 8.78 Å². The molecule has 1 aromatic rings. The number of rotatable bonds is 4. The molecule has 0 fully saturated rings. The number of hydrogen-bond donors (Lipinski definition) is 1. The monoisotopic (exact) mass is 216 g/mol. The summed E-state index contributed by atoms with van der Waals surface area (Å²) >= 11 is 3.97. The normalized spacial score (nSPS) is 9.93. The maximum atomic E-state index is 12.7. The lowest BCUT2D eigenvalue weighted by Gasteiger charge is -2.06. The van der Waals surface area contributed by atoms with E-state index in [2.05, 4.69) is 19.2 Å². The van der Waals surface area contributed by atoms with Crippen LogP contribution in [0.3, 0.4) is 0 Å². The lowest BCUT2D eigenvalue weighted by atomic mass is 10.3. The van der Waals surface area contributed by atoms with Gasteiger partial charge in [0.15, 0.2) is 0 Å². The summed E-state index contributed by atoms with van der Waals surface area (Å²) in [4.78, 5) is 0. The molecule has 0 bridgehead atoms. The summed E-state index contributed by atoms with van der Waals surface area (Å²) in [5, 5.41) is 0. The predicted octanol–water partition coefficient (Wildman–Crippen LogP) is 2.83. The van der Waals surface area contributed by atoms with Crippen molar-refractivity contribution in [1.29, 1.82) is 0 Å². The van der Waals surface area contributed by atoms with Crippen LogP contribution in [0.2, 0.25) is 0 Å². The second kappa shape index (κ2) is 5.00. The fourth-order valence-corrected chi connectivity index (χ4v) is 0.934. The Morgan fingerprint density at radius 3 is 2.36 bits per heavy atom. The third kappa shape index (κ3) is 3.38. The molecule has 0 amide bonds. The second-order valence-electron chi connectivity index (χ2n) is 2.80. The summed E-state index contributed by atoms with van der Waals surface area (Å²) in [6.45, 7) is 3.86. The summed E-state index contributed by atoms with van der Waals surface area (Å²) in [6, 6.07) is 3.03. The molecule has 0 atom stereocenters. The number of ether oxygens (including phenoxy) is 1. The molecule has 0 spiro atoms. The van der Waals surface area contributed by atoms with Gasteiger partial charge in [-0.1, -0.05) is 6.58 Å². The Morgan fingerprint density at radius 2 is 1.86 bits per heavy atom. The molecule has 0 aliphatic heterocycles. The quantitative estimate of drug-likeness (QED) is 0.601. The Balaban J connectivity index is 2.63. The fraction of sp³-hybridized carbons (Fsp3) is 0.200. The molecular weight excluding hydrogens is 206 g/mol. The first-order chi connectivity index (χ1) is 6.61. The number of benzene rings is 1. The van der Waals surface area contributed by atoms with Crippen molar-refractivity contribution < 1.29 is 13.5 Å². The van der Waals surface area contributed by atoms with Gasteiger partial charge < -0.3 is 4.74 Å². The topological polar surface area (TPSA) is 9.23 Å². The molecule has 0 N–H and O–H groups in total. The van der Waals surface area contributed by atoms with Crippen LogP contribution in [0.25, 0.3) is 0 Å². The molecule has 0 heterocycles. The first-order valence-electron chi connectivity index (χ1n) is 3.98. The first kappa shape index (κ1) is 11.0. The van der Waals surface area contributed by atoms with Crippen molar-refractivity contribution >= 4 is 12.6 Å². The molecule has 0 unspecified atom stereocenters. The SMILES string of the molecule is C=C(CS)COc1cc(F)cc(F)c1. The minimum absolute atomic E-state index is 0.158. The van der Waals surface area contributed by atoms with Gasteiger partial charge in [0.1, 0.15) is 24.0 Å². The van der Waals surface area contributed by atoms with Crippen molar-refractivity contribution in [1.82, 2.24) is 0 Å². The Morgan fingerprint density at radius 1 is 1.29 bits per heavy atom. The third-order valence-corrected chi connectivity index (χ3v) is 1.95. The molecule has 0 saturated carbocycles. The molecule has 0 aliphatic rings. The van der Waals surface area contributed by atoms with Crippen molar-refractivity contribution in [2.24, 2.45) is 0 Å². The minimum Gasteiger partial charge on any atom is -0.489 e. The van der Waals surface area contributed by atoms with Gasteiger partial charge in [0.05, 0.1) is 0 Å². The predicted molar refractivity (Wildman–Crippen MR) is 54.8 cm³/mol. The standard InChI is InChI=1S/C10H10F2OS/c1-7(6-14)5-13-10-3-8(11)2-9(12)4-10/h2-4,14H,1,5-6H2. The van der Waals surface area contributed by atoms with Gasteiger partial charge in [-0.05, 0) is 5.57 Å². The van der Waals surface area contributed by atoms with Gasteiger partial charge in [-0.15, -0.1) is 0 Å². The summed E-state index contributed by atoms with van der Waals surface area (Å²) in [5.74, 6) is -0.670. The van der Waals surface area contributed by atoms with Gasteiger partial charge in [-0.2, -0.15) is 12.6 Å². The van der Waals surface area contributed by atoms with E-state index >= 15 is 0 Å². The van der Waals surface area contributed by atoms with E-state index in [-0.39, 0.29) is 12.4 Å². The highest BCUT2D eigenvalue weighted by atomic mass is 32.1. The molecule has 14 heavy (non-hydrogen) atoms. The average Bonchev–Trinajstić information content (AvgIpc) is 2.12. The second-order valence-corrected chi connectivity index (χ2v) is 3.12. The molecule has 1 rings (SSSR count). The highest BCUT2D eigenvalue weighted by Gasteiger charge is 2.01. The fourth-order valence-electron chi connectivity index (χ4n) is 0.843. The molecule has 0 saturated heterocycles. The van der Waals surface area contributed by atoms with E-state index in [1.54, 1.807) is 0 Å². The van der Waals surface area contributed by atoms with E-state index < -0.39 is 11.6 Å². The Hall–Kier alpha value is -1.03. The van der Waals surface area contributed by atoms with Gasteiger partial charge in [0.25, 0.3) is 0 Å². The van der Waals surface area contributed by atoms with E-state index in [9.17, 15) is 8.78 Å². The largest absolute Gasteiger partial charge is 0.489 e. The third-order valence-electron chi connectivity index (χ3n) is 1.50. The van der Waals surface area contributed by atoms with Crippen molar-refractivity contribution in [3.8, 4) is 5.75 Å². The Labute approximate surface area is 86.8 Å². The highest BCUT2D eigenvalue weighted by molar-refractivity contribution is 7.80. The van der Waals surface area contributed by atoms with Crippen molar-refractivity contribution in [3.63, 3.8) is 0 Å². The zero-order chi connectivity index (χ0) is 10.6. The Kier molecular flexibility index (Phi) is 3.95. The van der Waals surface area contributed by atoms with Gasteiger partial charge in [-0.3, -0.25) is 0 Å². The average molecular weight is 216 g/mol. The van der Waals surface area contributed by atoms with Crippen LogP contribution in [0.1, 0.15) is 0 Å². The summed E-state index contributed by atoms with van der Waals surface area (Å²) in [6.07, 6.45) is 0. The molecule has 0 radical (unpaired) electrons. The van der Waals surface area contributed by atoms with E-state index in [1.807, 2.05) is 0 Å². The molecule has 1 aromatic carbocycles. The molecule has 76 valence electrons. The number of hydrogen-bond acceptors (Lipinski definition) is 2. The van der Waals surface area contributed by atoms with Crippen LogP contribution in [-0.2, 0) is 0 Å². The van der Waals surface area contributed by atoms with Crippen LogP contribution in [-0.4, -0.2) is 12.4 Å². The zero-order valence-electron chi connectivity index (χ0n) is 7.46. The van der Waals surface area contributed by atoms with Gasteiger partial charge in [0.2, 0.25) is 0 Å². The summed E-state index contributed by atoms with van der Waals surface area (Å²) < 4.78 is 30.4. The minimum atomic E-state index is -0.656. The van der Waals surface area contributed by atoms with Gasteiger partial charge >= 0.3 is 0 Å².